The summed E-state index contributed by atoms with van der Waals surface area (Å²) in [4.78, 5) is 40.4. The number of hydrogen-bond acceptors (Lipinski definition) is 5. The van der Waals surface area contributed by atoms with E-state index in [-0.39, 0.29) is 18.0 Å². The number of primary amides is 1. The first-order valence-electron chi connectivity index (χ1n) is 8.88. The highest BCUT2D eigenvalue weighted by Gasteiger charge is 2.46. The number of carbonyl (C=O) groups is 2. The van der Waals surface area contributed by atoms with Gasteiger partial charge >= 0.3 is 0 Å². The van der Waals surface area contributed by atoms with Crippen molar-refractivity contribution >= 4 is 28.8 Å². The van der Waals surface area contributed by atoms with E-state index in [2.05, 4.69) is 19.9 Å². The fourth-order valence-corrected chi connectivity index (χ4v) is 4.18. The Balaban J connectivity index is 1.40. The number of rotatable bonds is 3. The molecule has 0 saturated carbocycles. The van der Waals surface area contributed by atoms with E-state index in [1.165, 1.54) is 0 Å². The molecule has 0 aliphatic carbocycles. The molecule has 2 aliphatic heterocycles. The van der Waals surface area contributed by atoms with Crippen LogP contribution in [-0.4, -0.2) is 56.8 Å². The molecular weight excluding hydrogens is 344 g/mol. The maximum atomic E-state index is 12.7. The lowest BCUT2D eigenvalue weighted by Crippen LogP contribution is -2.49. The van der Waals surface area contributed by atoms with Crippen LogP contribution in [0.3, 0.4) is 0 Å². The van der Waals surface area contributed by atoms with Crippen LogP contribution >= 0.6 is 0 Å². The van der Waals surface area contributed by atoms with E-state index in [9.17, 15) is 9.59 Å². The standard InChI is InChI=1S/C19H18N6O2/c20-17(26)14-4-1-5-15-16(14)23-19(22-15)25-10-12-7-13(25)9-24(12)18(27)11-3-2-6-21-8-11/h1-6,8,12-13H,7,9-10H2,(H2,20,26)(H,22,23)/t12-,13-/m0/s1. The van der Waals surface area contributed by atoms with Crippen LogP contribution in [0.4, 0.5) is 5.95 Å². The molecule has 2 atom stereocenters. The van der Waals surface area contributed by atoms with Gasteiger partial charge in [-0.25, -0.2) is 4.98 Å². The van der Waals surface area contributed by atoms with Gasteiger partial charge in [0.25, 0.3) is 11.8 Å². The molecule has 2 aliphatic rings. The summed E-state index contributed by atoms with van der Waals surface area (Å²) < 4.78 is 0. The van der Waals surface area contributed by atoms with Crippen LogP contribution < -0.4 is 10.6 Å². The molecule has 136 valence electrons. The number of carbonyl (C=O) groups excluding carboxylic acids is 2. The second-order valence-electron chi connectivity index (χ2n) is 7.02. The van der Waals surface area contributed by atoms with Gasteiger partial charge in [0.05, 0.1) is 28.7 Å². The maximum Gasteiger partial charge on any atom is 0.255 e. The lowest BCUT2D eigenvalue weighted by Gasteiger charge is -2.34. The number of aromatic nitrogens is 3. The third-order valence-electron chi connectivity index (χ3n) is 5.45. The quantitative estimate of drug-likeness (QED) is 0.727. The summed E-state index contributed by atoms with van der Waals surface area (Å²) >= 11 is 0. The summed E-state index contributed by atoms with van der Waals surface area (Å²) in [6, 6.07) is 9.27. The van der Waals surface area contributed by atoms with E-state index < -0.39 is 5.91 Å². The van der Waals surface area contributed by atoms with E-state index in [0.29, 0.717) is 29.7 Å². The van der Waals surface area contributed by atoms with Gasteiger partial charge in [0.1, 0.15) is 5.52 Å². The molecule has 2 aromatic heterocycles. The summed E-state index contributed by atoms with van der Waals surface area (Å²) in [7, 11) is 0. The van der Waals surface area contributed by atoms with Crippen molar-refractivity contribution in [1.82, 2.24) is 19.9 Å². The Morgan fingerprint density at radius 1 is 1.15 bits per heavy atom. The summed E-state index contributed by atoms with van der Waals surface area (Å²) in [5.41, 5.74) is 7.85. The van der Waals surface area contributed by atoms with Crippen LogP contribution in [0.2, 0.25) is 0 Å². The molecule has 27 heavy (non-hydrogen) atoms. The highest BCUT2D eigenvalue weighted by Crippen LogP contribution is 2.35. The number of H-pyrrole nitrogens is 1. The zero-order chi connectivity index (χ0) is 18.5. The fourth-order valence-electron chi connectivity index (χ4n) is 4.18. The molecule has 5 rings (SSSR count). The Hall–Kier alpha value is -3.42. The zero-order valence-corrected chi connectivity index (χ0v) is 14.5. The minimum atomic E-state index is -0.491. The number of benzene rings is 1. The number of aromatic amines is 1. The molecule has 2 saturated heterocycles. The number of imidazole rings is 1. The van der Waals surface area contributed by atoms with Gasteiger partial charge in [0.2, 0.25) is 5.95 Å². The molecular formula is C19H18N6O2. The number of piperazine rings is 1. The van der Waals surface area contributed by atoms with E-state index in [0.717, 1.165) is 17.9 Å². The summed E-state index contributed by atoms with van der Waals surface area (Å²) in [6.07, 6.45) is 4.18. The van der Waals surface area contributed by atoms with Gasteiger partial charge in [0.15, 0.2) is 0 Å². The van der Waals surface area contributed by atoms with Crippen molar-refractivity contribution in [2.24, 2.45) is 5.73 Å². The van der Waals surface area contributed by atoms with Crippen molar-refractivity contribution in [3.05, 3.63) is 53.9 Å². The Morgan fingerprint density at radius 2 is 2.04 bits per heavy atom. The van der Waals surface area contributed by atoms with Crippen molar-refractivity contribution < 1.29 is 9.59 Å². The van der Waals surface area contributed by atoms with Crippen molar-refractivity contribution in [3.63, 3.8) is 0 Å². The first-order chi connectivity index (χ1) is 13.1. The molecule has 8 heteroatoms. The summed E-state index contributed by atoms with van der Waals surface area (Å²) in [5.74, 6) is 0.255. The molecule has 2 fully saturated rings. The number of nitrogens with one attached hydrogen (secondary N) is 1. The molecule has 1 aromatic carbocycles. The average Bonchev–Trinajstić information content (AvgIpc) is 3.40. The molecule has 2 amide bonds. The van der Waals surface area contributed by atoms with Gasteiger partial charge in [-0.15, -0.1) is 0 Å². The Morgan fingerprint density at radius 3 is 2.74 bits per heavy atom. The highest BCUT2D eigenvalue weighted by atomic mass is 16.2. The number of amides is 2. The number of nitrogens with two attached hydrogens (primary N) is 1. The summed E-state index contributed by atoms with van der Waals surface area (Å²) in [6.45, 7) is 1.36. The van der Waals surface area contributed by atoms with Gasteiger partial charge in [-0.3, -0.25) is 14.6 Å². The molecule has 3 aromatic rings. The van der Waals surface area contributed by atoms with Gasteiger partial charge in [0, 0.05) is 25.5 Å². The topological polar surface area (TPSA) is 108 Å². The second kappa shape index (κ2) is 5.80. The molecule has 8 nitrogen and oxygen atoms in total. The van der Waals surface area contributed by atoms with Crippen LogP contribution in [0, 0.1) is 0 Å². The lowest BCUT2D eigenvalue weighted by molar-refractivity contribution is 0.0724. The van der Waals surface area contributed by atoms with E-state index >= 15 is 0 Å². The predicted octanol–water partition coefficient (Wildman–Crippen LogP) is 1.16. The molecule has 0 unspecified atom stereocenters. The maximum absolute atomic E-state index is 12.7. The van der Waals surface area contributed by atoms with Crippen LogP contribution in [0.25, 0.3) is 11.0 Å². The lowest BCUT2D eigenvalue weighted by atomic mass is 10.2. The van der Waals surface area contributed by atoms with Crippen molar-refractivity contribution in [2.45, 2.75) is 18.5 Å². The number of anilines is 1. The molecule has 4 heterocycles. The first-order valence-corrected chi connectivity index (χ1v) is 8.88. The Kier molecular flexibility index (Phi) is 3.40. The molecule has 0 spiro atoms. The zero-order valence-electron chi connectivity index (χ0n) is 14.5. The van der Waals surface area contributed by atoms with Crippen molar-refractivity contribution in [1.29, 1.82) is 0 Å². The smallest absolute Gasteiger partial charge is 0.255 e. The number of pyridine rings is 1. The van der Waals surface area contributed by atoms with Gasteiger partial charge in [-0.2, -0.15) is 0 Å². The number of hydrogen-bond donors (Lipinski definition) is 2. The number of fused-ring (bicyclic) bond motifs is 3. The SMILES string of the molecule is NC(=O)c1cccc2[nH]c(N3C[C@@H]4C[C@H]3CN4C(=O)c3cccnc3)nc12. The average molecular weight is 362 g/mol. The number of nitrogens with zero attached hydrogens (tertiary/aromatic N) is 4. The Labute approximate surface area is 155 Å². The number of likely N-dealkylation sites (tertiary alicyclic amines) is 1. The second-order valence-corrected chi connectivity index (χ2v) is 7.02. The van der Waals surface area contributed by atoms with E-state index in [1.54, 1.807) is 36.7 Å². The van der Waals surface area contributed by atoms with Crippen molar-refractivity contribution in [2.75, 3.05) is 18.0 Å². The monoisotopic (exact) mass is 362 g/mol. The highest BCUT2D eigenvalue weighted by molar-refractivity contribution is 6.04. The predicted molar refractivity (Wildman–Crippen MR) is 99.4 cm³/mol. The van der Waals surface area contributed by atoms with Crippen LogP contribution in [-0.2, 0) is 0 Å². The minimum absolute atomic E-state index is 0.0240. The molecule has 3 N–H and O–H groups in total. The first kappa shape index (κ1) is 15.8. The number of para-hydroxylation sites is 1. The van der Waals surface area contributed by atoms with Crippen molar-refractivity contribution in [3.8, 4) is 0 Å². The van der Waals surface area contributed by atoms with Gasteiger partial charge in [-0.05, 0) is 30.7 Å². The fraction of sp³-hybridized carbons (Fsp3) is 0.263. The van der Waals surface area contributed by atoms with Crippen LogP contribution in [0.5, 0.6) is 0 Å². The molecule has 2 bridgehead atoms. The summed E-state index contributed by atoms with van der Waals surface area (Å²) in [5, 5.41) is 0. The van der Waals surface area contributed by atoms with Gasteiger partial charge < -0.3 is 20.5 Å². The Bertz CT molecular complexity index is 1050. The minimum Gasteiger partial charge on any atom is -0.366 e. The van der Waals surface area contributed by atoms with E-state index in [1.807, 2.05) is 11.0 Å². The van der Waals surface area contributed by atoms with Crippen LogP contribution in [0.1, 0.15) is 27.1 Å². The van der Waals surface area contributed by atoms with Gasteiger partial charge in [-0.1, -0.05) is 6.07 Å². The third kappa shape index (κ3) is 2.44. The van der Waals surface area contributed by atoms with E-state index in [4.69, 9.17) is 5.73 Å². The normalized spacial score (nSPS) is 21.2. The third-order valence-corrected chi connectivity index (χ3v) is 5.45. The molecule has 0 radical (unpaired) electrons. The van der Waals surface area contributed by atoms with Crippen LogP contribution in [0.15, 0.2) is 42.7 Å². The largest absolute Gasteiger partial charge is 0.366 e.